The van der Waals surface area contributed by atoms with Crippen molar-refractivity contribution < 1.29 is 0 Å². The van der Waals surface area contributed by atoms with Gasteiger partial charge in [0.1, 0.15) is 5.37 Å². The Morgan fingerprint density at radius 2 is 1.71 bits per heavy atom. The van der Waals surface area contributed by atoms with Crippen molar-refractivity contribution in [2.45, 2.75) is 17.2 Å². The standard InChI is InChI=1S/C15H15NS/c1-2-16-13-10-6-7-11-14(13)17-15(16)12-8-4-3-5-9-12/h3-11,15H,2H2,1H3. The molecule has 0 radical (unpaired) electrons. The maximum atomic E-state index is 2.47. The van der Waals surface area contributed by atoms with Crippen LogP contribution in [0.4, 0.5) is 5.69 Å². The summed E-state index contributed by atoms with van der Waals surface area (Å²) in [5.74, 6) is 0. The van der Waals surface area contributed by atoms with Crippen LogP contribution in [-0.2, 0) is 0 Å². The first kappa shape index (κ1) is 10.7. The van der Waals surface area contributed by atoms with Gasteiger partial charge in [0, 0.05) is 11.4 Å². The van der Waals surface area contributed by atoms with Gasteiger partial charge in [-0.15, -0.1) is 0 Å². The van der Waals surface area contributed by atoms with E-state index in [2.05, 4.69) is 66.4 Å². The summed E-state index contributed by atoms with van der Waals surface area (Å²) in [5, 5.41) is 0.429. The molecule has 0 spiro atoms. The monoisotopic (exact) mass is 241 g/mol. The molecule has 2 heteroatoms. The van der Waals surface area contributed by atoms with Gasteiger partial charge in [-0.05, 0) is 24.6 Å². The number of benzene rings is 2. The molecule has 0 fully saturated rings. The van der Waals surface area contributed by atoms with Gasteiger partial charge in [0.15, 0.2) is 0 Å². The van der Waals surface area contributed by atoms with E-state index in [1.807, 2.05) is 11.8 Å². The molecule has 0 saturated carbocycles. The first-order chi connectivity index (χ1) is 8.40. The Bertz CT molecular complexity index is 509. The van der Waals surface area contributed by atoms with Crippen LogP contribution in [-0.4, -0.2) is 6.54 Å². The van der Waals surface area contributed by atoms with Gasteiger partial charge in [-0.2, -0.15) is 0 Å². The van der Waals surface area contributed by atoms with E-state index in [-0.39, 0.29) is 0 Å². The maximum Gasteiger partial charge on any atom is 0.105 e. The van der Waals surface area contributed by atoms with Gasteiger partial charge in [0.25, 0.3) is 0 Å². The Balaban J connectivity index is 2.00. The van der Waals surface area contributed by atoms with E-state index in [4.69, 9.17) is 0 Å². The van der Waals surface area contributed by atoms with E-state index in [1.165, 1.54) is 16.1 Å². The van der Waals surface area contributed by atoms with Gasteiger partial charge in [0.05, 0.1) is 5.69 Å². The molecule has 3 rings (SSSR count). The zero-order valence-electron chi connectivity index (χ0n) is 9.84. The summed E-state index contributed by atoms with van der Waals surface area (Å²) in [6.45, 7) is 3.27. The van der Waals surface area contributed by atoms with Crippen LogP contribution in [0.1, 0.15) is 17.9 Å². The number of hydrogen-bond donors (Lipinski definition) is 0. The first-order valence-corrected chi connectivity index (χ1v) is 6.85. The number of hydrogen-bond acceptors (Lipinski definition) is 2. The average molecular weight is 241 g/mol. The van der Waals surface area contributed by atoms with Gasteiger partial charge < -0.3 is 4.90 Å². The minimum absolute atomic E-state index is 0.429. The number of anilines is 1. The van der Waals surface area contributed by atoms with Crippen molar-refractivity contribution in [2.75, 3.05) is 11.4 Å². The number of para-hydroxylation sites is 1. The van der Waals surface area contributed by atoms with E-state index in [0.29, 0.717) is 5.37 Å². The topological polar surface area (TPSA) is 3.24 Å². The molecule has 0 N–H and O–H groups in total. The van der Waals surface area contributed by atoms with Crippen molar-refractivity contribution in [2.24, 2.45) is 0 Å². The molecule has 0 aliphatic carbocycles. The van der Waals surface area contributed by atoms with Gasteiger partial charge >= 0.3 is 0 Å². The van der Waals surface area contributed by atoms with Crippen LogP contribution >= 0.6 is 11.8 Å². The molecule has 1 aliphatic heterocycles. The van der Waals surface area contributed by atoms with E-state index in [1.54, 1.807) is 0 Å². The van der Waals surface area contributed by atoms with Crippen molar-refractivity contribution in [1.82, 2.24) is 0 Å². The molecule has 1 nitrogen and oxygen atoms in total. The molecule has 2 aromatic carbocycles. The number of nitrogens with zero attached hydrogens (tertiary/aromatic N) is 1. The zero-order valence-corrected chi connectivity index (χ0v) is 10.7. The number of thioether (sulfide) groups is 1. The Kier molecular flexibility index (Phi) is 2.81. The molecule has 0 amide bonds. The van der Waals surface area contributed by atoms with Crippen molar-refractivity contribution in [3.8, 4) is 0 Å². The van der Waals surface area contributed by atoms with Crippen LogP contribution in [0, 0.1) is 0 Å². The zero-order chi connectivity index (χ0) is 11.7. The third-order valence-electron chi connectivity index (χ3n) is 3.12. The summed E-state index contributed by atoms with van der Waals surface area (Å²) in [6.07, 6.45) is 0. The lowest BCUT2D eigenvalue weighted by Gasteiger charge is -2.25. The summed E-state index contributed by atoms with van der Waals surface area (Å²) >= 11 is 1.95. The Labute approximate surface area is 106 Å². The van der Waals surface area contributed by atoms with Crippen molar-refractivity contribution in [3.05, 3.63) is 60.2 Å². The summed E-state index contributed by atoms with van der Waals surface area (Å²) in [7, 11) is 0. The smallest absolute Gasteiger partial charge is 0.105 e. The molecule has 1 aliphatic rings. The van der Waals surface area contributed by atoms with Crippen molar-refractivity contribution in [1.29, 1.82) is 0 Å². The van der Waals surface area contributed by atoms with Crippen LogP contribution in [0.15, 0.2) is 59.5 Å². The lowest BCUT2D eigenvalue weighted by molar-refractivity contribution is 0.825. The molecule has 1 heterocycles. The second-order valence-corrected chi connectivity index (χ2v) is 5.26. The molecule has 0 bridgehead atoms. The normalized spacial score (nSPS) is 18.2. The van der Waals surface area contributed by atoms with E-state index in [9.17, 15) is 0 Å². The molecule has 86 valence electrons. The molecule has 1 unspecified atom stereocenters. The second kappa shape index (κ2) is 4.46. The Hall–Kier alpha value is -1.41. The van der Waals surface area contributed by atoms with Gasteiger partial charge in [-0.1, -0.05) is 54.2 Å². The largest absolute Gasteiger partial charge is 0.354 e. The minimum atomic E-state index is 0.429. The summed E-state index contributed by atoms with van der Waals surface area (Å²) in [5.41, 5.74) is 2.75. The third kappa shape index (κ3) is 1.83. The lowest BCUT2D eigenvalue weighted by atomic mass is 10.2. The van der Waals surface area contributed by atoms with Crippen molar-refractivity contribution >= 4 is 17.4 Å². The minimum Gasteiger partial charge on any atom is -0.354 e. The van der Waals surface area contributed by atoms with Crippen molar-refractivity contribution in [3.63, 3.8) is 0 Å². The summed E-state index contributed by atoms with van der Waals surface area (Å²) < 4.78 is 0. The van der Waals surface area contributed by atoms with Crippen LogP contribution < -0.4 is 4.90 Å². The van der Waals surface area contributed by atoms with E-state index < -0.39 is 0 Å². The number of fused-ring (bicyclic) bond motifs is 1. The summed E-state index contributed by atoms with van der Waals surface area (Å²) in [4.78, 5) is 3.86. The number of rotatable bonds is 2. The maximum absolute atomic E-state index is 2.47. The quantitative estimate of drug-likeness (QED) is 0.770. The molecule has 2 aromatic rings. The predicted octanol–water partition coefficient (Wildman–Crippen LogP) is 4.32. The van der Waals surface area contributed by atoms with Crippen LogP contribution in [0.3, 0.4) is 0 Å². The molecule has 0 aromatic heterocycles. The SMILES string of the molecule is CCN1c2ccccc2SC1c1ccccc1. The fraction of sp³-hybridized carbons (Fsp3) is 0.200. The molecular weight excluding hydrogens is 226 g/mol. The highest BCUT2D eigenvalue weighted by Crippen LogP contribution is 2.50. The highest BCUT2D eigenvalue weighted by molar-refractivity contribution is 8.00. The molecule has 0 saturated heterocycles. The van der Waals surface area contributed by atoms with E-state index >= 15 is 0 Å². The fourth-order valence-electron chi connectivity index (χ4n) is 2.31. The molecule has 1 atom stereocenters. The average Bonchev–Trinajstić information content (AvgIpc) is 2.78. The van der Waals surface area contributed by atoms with Crippen LogP contribution in [0.25, 0.3) is 0 Å². The van der Waals surface area contributed by atoms with Gasteiger partial charge in [-0.3, -0.25) is 0 Å². The highest BCUT2D eigenvalue weighted by atomic mass is 32.2. The Morgan fingerprint density at radius 3 is 2.47 bits per heavy atom. The van der Waals surface area contributed by atoms with Crippen LogP contribution in [0.2, 0.25) is 0 Å². The highest BCUT2D eigenvalue weighted by Gasteiger charge is 2.29. The third-order valence-corrected chi connectivity index (χ3v) is 4.47. The lowest BCUT2D eigenvalue weighted by Crippen LogP contribution is -2.22. The van der Waals surface area contributed by atoms with Crippen LogP contribution in [0.5, 0.6) is 0 Å². The van der Waals surface area contributed by atoms with E-state index in [0.717, 1.165) is 6.54 Å². The first-order valence-electron chi connectivity index (χ1n) is 5.97. The molecule has 17 heavy (non-hydrogen) atoms. The fourth-order valence-corrected chi connectivity index (χ4v) is 3.69. The van der Waals surface area contributed by atoms with Gasteiger partial charge in [0.2, 0.25) is 0 Å². The summed E-state index contributed by atoms with van der Waals surface area (Å²) in [6, 6.07) is 19.4. The second-order valence-electron chi connectivity index (χ2n) is 4.13. The van der Waals surface area contributed by atoms with Gasteiger partial charge in [-0.25, -0.2) is 0 Å². The predicted molar refractivity (Wildman–Crippen MR) is 74.5 cm³/mol. The molecular formula is C15H15NS. The Morgan fingerprint density at radius 1 is 1.00 bits per heavy atom.